The number of rotatable bonds is 4. The molecule has 78 valence electrons. The molecule has 4 heteroatoms. The number of hydrogen-bond donors (Lipinski definition) is 0. The van der Waals surface area contributed by atoms with Crippen LogP contribution >= 0.6 is 0 Å². The summed E-state index contributed by atoms with van der Waals surface area (Å²) in [6, 6.07) is 1.93. The fourth-order valence-electron chi connectivity index (χ4n) is 1.27. The molecule has 0 aliphatic carbocycles. The fourth-order valence-corrected chi connectivity index (χ4v) is 1.27. The average Bonchev–Trinajstić information content (AvgIpc) is 2.15. The lowest BCUT2D eigenvalue weighted by Crippen LogP contribution is -2.22. The van der Waals surface area contributed by atoms with Gasteiger partial charge in [0.25, 0.3) is 11.6 Å². The molecule has 0 fully saturated rings. The molecular formula is C10H16N2O2. The van der Waals surface area contributed by atoms with Crippen molar-refractivity contribution >= 4 is 0 Å². The minimum atomic E-state index is -0.0391. The molecule has 0 amide bonds. The van der Waals surface area contributed by atoms with Gasteiger partial charge in [-0.25, -0.2) is 4.98 Å². The van der Waals surface area contributed by atoms with Crippen molar-refractivity contribution in [2.75, 3.05) is 7.11 Å². The third-order valence-electron chi connectivity index (χ3n) is 2.02. The number of aromatic nitrogens is 2. The van der Waals surface area contributed by atoms with Crippen molar-refractivity contribution in [3.8, 4) is 6.01 Å². The minimum absolute atomic E-state index is 0.0391. The predicted octanol–water partition coefficient (Wildman–Crippen LogP) is 1.36. The lowest BCUT2D eigenvalue weighted by atomic mass is 10.3. The molecule has 0 spiro atoms. The van der Waals surface area contributed by atoms with Crippen LogP contribution < -0.4 is 10.3 Å². The Morgan fingerprint density at radius 2 is 2.29 bits per heavy atom. The topological polar surface area (TPSA) is 44.1 Å². The van der Waals surface area contributed by atoms with E-state index in [0.717, 1.165) is 12.8 Å². The first-order chi connectivity index (χ1) is 6.69. The average molecular weight is 196 g/mol. The van der Waals surface area contributed by atoms with Crippen LogP contribution in [0.15, 0.2) is 10.9 Å². The second kappa shape index (κ2) is 4.79. The molecule has 0 radical (unpaired) electrons. The highest BCUT2D eigenvalue weighted by Gasteiger charge is 2.05. The zero-order valence-electron chi connectivity index (χ0n) is 8.91. The van der Waals surface area contributed by atoms with Crippen molar-refractivity contribution in [1.29, 1.82) is 0 Å². The molecule has 4 nitrogen and oxygen atoms in total. The number of nitrogens with zero attached hydrogens (tertiary/aromatic N) is 2. The maximum absolute atomic E-state index is 11.6. The van der Waals surface area contributed by atoms with Crippen molar-refractivity contribution in [2.24, 2.45) is 0 Å². The van der Waals surface area contributed by atoms with E-state index in [9.17, 15) is 4.79 Å². The molecule has 14 heavy (non-hydrogen) atoms. The molecule has 0 N–H and O–H groups in total. The van der Waals surface area contributed by atoms with Crippen molar-refractivity contribution in [3.05, 3.63) is 22.1 Å². The van der Waals surface area contributed by atoms with Gasteiger partial charge in [-0.2, -0.15) is 0 Å². The van der Waals surface area contributed by atoms with E-state index >= 15 is 0 Å². The van der Waals surface area contributed by atoms with Gasteiger partial charge in [0, 0.05) is 18.3 Å². The maximum Gasteiger partial charge on any atom is 0.299 e. The SMILES string of the molecule is CCCCn1c(OC)nc(C)cc1=O. The van der Waals surface area contributed by atoms with Gasteiger partial charge >= 0.3 is 0 Å². The van der Waals surface area contributed by atoms with Crippen molar-refractivity contribution in [2.45, 2.75) is 33.2 Å². The first-order valence-corrected chi connectivity index (χ1v) is 4.81. The van der Waals surface area contributed by atoms with Crippen LogP contribution in [0.25, 0.3) is 0 Å². The Balaban J connectivity index is 3.06. The lowest BCUT2D eigenvalue weighted by molar-refractivity contribution is 0.342. The highest BCUT2D eigenvalue weighted by Crippen LogP contribution is 2.05. The molecule has 0 bridgehead atoms. The summed E-state index contributed by atoms with van der Waals surface area (Å²) in [6.45, 7) is 4.54. The van der Waals surface area contributed by atoms with E-state index in [2.05, 4.69) is 11.9 Å². The summed E-state index contributed by atoms with van der Waals surface area (Å²) in [7, 11) is 1.53. The zero-order valence-corrected chi connectivity index (χ0v) is 8.91. The molecule has 1 aromatic heterocycles. The Hall–Kier alpha value is -1.32. The summed E-state index contributed by atoms with van der Waals surface area (Å²) in [5.74, 6) is 0. The second-order valence-corrected chi connectivity index (χ2v) is 3.23. The number of unbranched alkanes of at least 4 members (excludes halogenated alkanes) is 1. The first-order valence-electron chi connectivity index (χ1n) is 4.81. The molecule has 1 aromatic rings. The Bertz CT molecular complexity index is 358. The summed E-state index contributed by atoms with van der Waals surface area (Å²) >= 11 is 0. The van der Waals surface area contributed by atoms with Gasteiger partial charge in [-0.05, 0) is 13.3 Å². The van der Waals surface area contributed by atoms with Crippen molar-refractivity contribution in [1.82, 2.24) is 9.55 Å². The van der Waals surface area contributed by atoms with Crippen LogP contribution in [0, 0.1) is 6.92 Å². The number of aryl methyl sites for hydroxylation is 1. The summed E-state index contributed by atoms with van der Waals surface area (Å²) in [4.78, 5) is 15.7. The van der Waals surface area contributed by atoms with Gasteiger partial charge in [-0.3, -0.25) is 9.36 Å². The van der Waals surface area contributed by atoms with Crippen LogP contribution in [0.1, 0.15) is 25.5 Å². The standard InChI is InChI=1S/C10H16N2O2/c1-4-5-6-12-9(13)7-8(2)11-10(12)14-3/h7H,4-6H2,1-3H3. The Labute approximate surface area is 83.5 Å². The van der Waals surface area contributed by atoms with Crippen LogP contribution in [0.4, 0.5) is 0 Å². The van der Waals surface area contributed by atoms with E-state index < -0.39 is 0 Å². The highest BCUT2D eigenvalue weighted by atomic mass is 16.5. The lowest BCUT2D eigenvalue weighted by Gasteiger charge is -2.09. The monoisotopic (exact) mass is 196 g/mol. The third kappa shape index (κ3) is 2.34. The van der Waals surface area contributed by atoms with Gasteiger partial charge < -0.3 is 4.74 Å². The molecule has 0 aromatic carbocycles. The van der Waals surface area contributed by atoms with Crippen molar-refractivity contribution in [3.63, 3.8) is 0 Å². The van der Waals surface area contributed by atoms with E-state index in [4.69, 9.17) is 4.74 Å². The molecule has 0 saturated carbocycles. The van der Waals surface area contributed by atoms with Crippen LogP contribution in [0.3, 0.4) is 0 Å². The molecule has 0 atom stereocenters. The van der Waals surface area contributed by atoms with Crippen LogP contribution in [-0.2, 0) is 6.54 Å². The maximum atomic E-state index is 11.6. The summed E-state index contributed by atoms with van der Waals surface area (Å²) in [5.41, 5.74) is 0.655. The molecule has 1 rings (SSSR count). The van der Waals surface area contributed by atoms with Gasteiger partial charge in [0.05, 0.1) is 7.11 Å². The Morgan fingerprint density at radius 1 is 1.57 bits per heavy atom. The number of hydrogen-bond acceptors (Lipinski definition) is 3. The fraction of sp³-hybridized carbons (Fsp3) is 0.600. The molecule has 0 aliphatic heterocycles. The summed E-state index contributed by atoms with van der Waals surface area (Å²) in [6.07, 6.45) is 2.00. The van der Waals surface area contributed by atoms with E-state index in [1.807, 2.05) is 0 Å². The molecule has 1 heterocycles. The van der Waals surface area contributed by atoms with Crippen LogP contribution in [0.5, 0.6) is 6.01 Å². The van der Waals surface area contributed by atoms with Crippen LogP contribution in [-0.4, -0.2) is 16.7 Å². The summed E-state index contributed by atoms with van der Waals surface area (Å²) in [5, 5.41) is 0. The Kier molecular flexibility index (Phi) is 3.68. The van der Waals surface area contributed by atoms with Gasteiger partial charge in [-0.15, -0.1) is 0 Å². The van der Waals surface area contributed by atoms with Crippen LogP contribution in [0.2, 0.25) is 0 Å². The largest absolute Gasteiger partial charge is 0.468 e. The van der Waals surface area contributed by atoms with Gasteiger partial charge in [0.1, 0.15) is 0 Å². The Morgan fingerprint density at radius 3 is 2.86 bits per heavy atom. The van der Waals surface area contributed by atoms with E-state index in [0.29, 0.717) is 18.2 Å². The van der Waals surface area contributed by atoms with Gasteiger partial charge in [0.15, 0.2) is 0 Å². The minimum Gasteiger partial charge on any atom is -0.468 e. The van der Waals surface area contributed by atoms with Gasteiger partial charge in [0.2, 0.25) is 0 Å². The quantitative estimate of drug-likeness (QED) is 0.730. The molecule has 0 unspecified atom stereocenters. The first kappa shape index (κ1) is 10.8. The number of methoxy groups -OCH3 is 1. The van der Waals surface area contributed by atoms with Crippen molar-refractivity contribution < 1.29 is 4.74 Å². The normalized spacial score (nSPS) is 10.2. The van der Waals surface area contributed by atoms with Gasteiger partial charge in [-0.1, -0.05) is 13.3 Å². The van der Waals surface area contributed by atoms with E-state index in [1.165, 1.54) is 13.2 Å². The molecule has 0 aliphatic rings. The highest BCUT2D eigenvalue weighted by molar-refractivity contribution is 5.06. The summed E-state index contributed by atoms with van der Waals surface area (Å²) < 4.78 is 6.62. The third-order valence-corrected chi connectivity index (χ3v) is 2.02. The second-order valence-electron chi connectivity index (χ2n) is 3.23. The predicted molar refractivity (Wildman–Crippen MR) is 54.7 cm³/mol. The number of ether oxygens (including phenoxy) is 1. The molecule has 0 saturated heterocycles. The zero-order chi connectivity index (χ0) is 10.6. The van der Waals surface area contributed by atoms with E-state index in [1.54, 1.807) is 11.5 Å². The molecular weight excluding hydrogens is 180 g/mol. The smallest absolute Gasteiger partial charge is 0.299 e. The van der Waals surface area contributed by atoms with E-state index in [-0.39, 0.29) is 5.56 Å².